The molecule has 0 spiro atoms. The number of rotatable bonds is 3. The molecule has 0 fully saturated rings. The quantitative estimate of drug-likeness (QED) is 0.935. The Hall–Kier alpha value is -2.05. The third kappa shape index (κ3) is 2.35. The molecule has 1 aromatic heterocycles. The van der Waals surface area contributed by atoms with Crippen LogP contribution in [0.2, 0.25) is 5.02 Å². The zero-order valence-corrected chi connectivity index (χ0v) is 11.5. The number of benzene rings is 1. The second-order valence-corrected chi connectivity index (χ2v) is 4.64. The highest BCUT2D eigenvalue weighted by Crippen LogP contribution is 2.41. The van der Waals surface area contributed by atoms with Gasteiger partial charge in [0.05, 0.1) is 17.3 Å². The standard InChI is InChI=1S/C13H12ClN3O3/c1-18-5-8-4-11(15)17-13(16-8)7-2-9(14)12-10(3-7)19-6-20-12/h2-4H,5-6H2,1H3,(H2,15,16,17). The number of halogens is 1. The Balaban J connectivity index is 2.07. The van der Waals surface area contributed by atoms with Gasteiger partial charge in [-0.1, -0.05) is 11.6 Å². The van der Waals surface area contributed by atoms with E-state index in [1.165, 1.54) is 0 Å². The highest BCUT2D eigenvalue weighted by Gasteiger charge is 2.20. The summed E-state index contributed by atoms with van der Waals surface area (Å²) in [7, 11) is 1.59. The number of aromatic nitrogens is 2. The summed E-state index contributed by atoms with van der Waals surface area (Å²) in [5.41, 5.74) is 7.19. The molecule has 1 aliphatic rings. The molecule has 2 heterocycles. The fourth-order valence-corrected chi connectivity index (χ4v) is 2.23. The summed E-state index contributed by atoms with van der Waals surface area (Å²) < 4.78 is 15.7. The largest absolute Gasteiger partial charge is 0.454 e. The lowest BCUT2D eigenvalue weighted by atomic mass is 10.2. The molecule has 1 aliphatic heterocycles. The monoisotopic (exact) mass is 293 g/mol. The van der Waals surface area contributed by atoms with Crippen LogP contribution in [0.25, 0.3) is 11.4 Å². The Bertz CT molecular complexity index is 664. The van der Waals surface area contributed by atoms with Gasteiger partial charge in [0, 0.05) is 18.7 Å². The molecule has 6 nitrogen and oxygen atoms in total. The van der Waals surface area contributed by atoms with E-state index in [1.54, 1.807) is 25.3 Å². The number of fused-ring (bicyclic) bond motifs is 1. The predicted octanol–water partition coefficient (Wildman–Crippen LogP) is 2.25. The maximum Gasteiger partial charge on any atom is 0.231 e. The average Bonchev–Trinajstić information content (AvgIpc) is 2.87. The van der Waals surface area contributed by atoms with E-state index in [2.05, 4.69) is 9.97 Å². The first-order chi connectivity index (χ1) is 9.67. The summed E-state index contributed by atoms with van der Waals surface area (Å²) in [4.78, 5) is 8.60. The first-order valence-corrected chi connectivity index (χ1v) is 6.27. The van der Waals surface area contributed by atoms with E-state index in [1.807, 2.05) is 0 Å². The molecule has 104 valence electrons. The first kappa shape index (κ1) is 13.0. The van der Waals surface area contributed by atoms with Crippen LogP contribution in [0.15, 0.2) is 18.2 Å². The van der Waals surface area contributed by atoms with E-state index >= 15 is 0 Å². The molecule has 1 aromatic carbocycles. The van der Waals surface area contributed by atoms with Gasteiger partial charge in [0.25, 0.3) is 0 Å². The van der Waals surface area contributed by atoms with Crippen molar-refractivity contribution in [3.63, 3.8) is 0 Å². The minimum absolute atomic E-state index is 0.158. The molecule has 20 heavy (non-hydrogen) atoms. The number of hydrogen-bond donors (Lipinski definition) is 1. The van der Waals surface area contributed by atoms with Gasteiger partial charge in [-0.25, -0.2) is 9.97 Å². The van der Waals surface area contributed by atoms with Crippen LogP contribution >= 0.6 is 11.6 Å². The third-order valence-corrected chi connectivity index (χ3v) is 3.06. The summed E-state index contributed by atoms with van der Waals surface area (Å²) >= 11 is 6.15. The van der Waals surface area contributed by atoms with Crippen LogP contribution in [0.4, 0.5) is 5.82 Å². The van der Waals surface area contributed by atoms with Crippen molar-refractivity contribution in [2.75, 3.05) is 19.6 Å². The van der Waals surface area contributed by atoms with Crippen LogP contribution in [0.3, 0.4) is 0 Å². The average molecular weight is 294 g/mol. The summed E-state index contributed by atoms with van der Waals surface area (Å²) in [6.45, 7) is 0.517. The molecular formula is C13H12ClN3O3. The van der Waals surface area contributed by atoms with Gasteiger partial charge in [-0.05, 0) is 12.1 Å². The van der Waals surface area contributed by atoms with Crippen molar-refractivity contribution in [2.45, 2.75) is 6.61 Å². The van der Waals surface area contributed by atoms with Crippen LogP contribution in [-0.2, 0) is 11.3 Å². The van der Waals surface area contributed by atoms with Gasteiger partial charge >= 0.3 is 0 Å². The van der Waals surface area contributed by atoms with E-state index in [4.69, 9.17) is 31.5 Å². The lowest BCUT2D eigenvalue weighted by Gasteiger charge is -2.07. The molecule has 2 aromatic rings. The first-order valence-electron chi connectivity index (χ1n) is 5.89. The van der Waals surface area contributed by atoms with E-state index in [0.717, 1.165) is 0 Å². The Morgan fingerprint density at radius 3 is 2.95 bits per heavy atom. The molecule has 2 N–H and O–H groups in total. The maximum atomic E-state index is 6.15. The van der Waals surface area contributed by atoms with Crippen molar-refractivity contribution in [3.8, 4) is 22.9 Å². The Morgan fingerprint density at radius 2 is 2.15 bits per heavy atom. The fourth-order valence-electron chi connectivity index (χ4n) is 1.97. The molecular weight excluding hydrogens is 282 g/mol. The van der Waals surface area contributed by atoms with Crippen LogP contribution in [0, 0.1) is 0 Å². The number of nitrogens with two attached hydrogens (primary N) is 1. The number of ether oxygens (including phenoxy) is 3. The van der Waals surface area contributed by atoms with Gasteiger partial charge in [0.15, 0.2) is 17.3 Å². The van der Waals surface area contributed by atoms with Gasteiger partial charge in [-0.3, -0.25) is 0 Å². The van der Waals surface area contributed by atoms with E-state index in [0.29, 0.717) is 46.0 Å². The molecule has 0 saturated heterocycles. The number of nitrogens with zero attached hydrogens (tertiary/aromatic N) is 2. The Morgan fingerprint density at radius 1 is 1.30 bits per heavy atom. The van der Waals surface area contributed by atoms with Crippen molar-refractivity contribution < 1.29 is 14.2 Å². The van der Waals surface area contributed by atoms with Crippen molar-refractivity contribution in [2.24, 2.45) is 0 Å². The van der Waals surface area contributed by atoms with Crippen LogP contribution < -0.4 is 15.2 Å². The van der Waals surface area contributed by atoms with Crippen LogP contribution in [-0.4, -0.2) is 23.9 Å². The number of methoxy groups -OCH3 is 1. The van der Waals surface area contributed by atoms with E-state index in [9.17, 15) is 0 Å². The summed E-state index contributed by atoms with van der Waals surface area (Å²) in [5, 5.41) is 0.453. The zero-order valence-electron chi connectivity index (χ0n) is 10.7. The maximum absolute atomic E-state index is 6.15. The second kappa shape index (κ2) is 5.15. The number of anilines is 1. The predicted molar refractivity (Wildman–Crippen MR) is 73.7 cm³/mol. The minimum atomic E-state index is 0.158. The number of nitrogen functional groups attached to an aromatic ring is 1. The van der Waals surface area contributed by atoms with Crippen molar-refractivity contribution >= 4 is 17.4 Å². The molecule has 0 amide bonds. The highest BCUT2D eigenvalue weighted by atomic mass is 35.5. The lowest BCUT2D eigenvalue weighted by Crippen LogP contribution is -2.01. The molecule has 3 rings (SSSR count). The van der Waals surface area contributed by atoms with Gasteiger partial charge in [0.2, 0.25) is 6.79 Å². The minimum Gasteiger partial charge on any atom is -0.454 e. The van der Waals surface area contributed by atoms with Gasteiger partial charge in [-0.2, -0.15) is 0 Å². The van der Waals surface area contributed by atoms with Gasteiger partial charge in [-0.15, -0.1) is 0 Å². The van der Waals surface area contributed by atoms with E-state index in [-0.39, 0.29) is 6.79 Å². The molecule has 0 bridgehead atoms. The zero-order chi connectivity index (χ0) is 14.1. The molecule has 0 atom stereocenters. The summed E-state index contributed by atoms with van der Waals surface area (Å²) in [6, 6.07) is 5.17. The lowest BCUT2D eigenvalue weighted by molar-refractivity contribution is 0.174. The summed E-state index contributed by atoms with van der Waals surface area (Å²) in [6.07, 6.45) is 0. The number of hydrogen-bond acceptors (Lipinski definition) is 6. The SMILES string of the molecule is COCc1cc(N)nc(-c2cc(Cl)c3c(c2)OCO3)n1. The molecule has 0 saturated carbocycles. The molecule has 0 radical (unpaired) electrons. The second-order valence-electron chi connectivity index (χ2n) is 4.23. The molecule has 0 unspecified atom stereocenters. The van der Waals surface area contributed by atoms with Crippen molar-refractivity contribution in [1.29, 1.82) is 0 Å². The Labute approximate surface area is 120 Å². The van der Waals surface area contributed by atoms with Gasteiger partial charge < -0.3 is 19.9 Å². The van der Waals surface area contributed by atoms with Crippen LogP contribution in [0.1, 0.15) is 5.69 Å². The smallest absolute Gasteiger partial charge is 0.231 e. The highest BCUT2D eigenvalue weighted by molar-refractivity contribution is 6.32. The van der Waals surface area contributed by atoms with Crippen LogP contribution in [0.5, 0.6) is 11.5 Å². The topological polar surface area (TPSA) is 79.5 Å². The normalized spacial score (nSPS) is 12.7. The van der Waals surface area contributed by atoms with Crippen molar-refractivity contribution in [3.05, 3.63) is 28.9 Å². The molecule has 0 aliphatic carbocycles. The van der Waals surface area contributed by atoms with Crippen molar-refractivity contribution in [1.82, 2.24) is 9.97 Å². The Kier molecular flexibility index (Phi) is 3.33. The third-order valence-electron chi connectivity index (χ3n) is 2.78. The van der Waals surface area contributed by atoms with Gasteiger partial charge in [0.1, 0.15) is 5.82 Å². The van der Waals surface area contributed by atoms with E-state index < -0.39 is 0 Å². The summed E-state index contributed by atoms with van der Waals surface area (Å²) in [5.74, 6) is 1.95. The fraction of sp³-hybridized carbons (Fsp3) is 0.231. The molecule has 7 heteroatoms.